The van der Waals surface area contributed by atoms with Crippen LogP contribution in [0.15, 0.2) is 29.3 Å². The number of rotatable bonds is 0. The summed E-state index contributed by atoms with van der Waals surface area (Å²) in [5, 5.41) is 0. The van der Waals surface area contributed by atoms with Crippen LogP contribution < -0.4 is 4.90 Å². The molecule has 0 N–H and O–H groups in total. The summed E-state index contributed by atoms with van der Waals surface area (Å²) in [5.74, 6) is 0. The van der Waals surface area contributed by atoms with Gasteiger partial charge in [0.15, 0.2) is 0 Å². The summed E-state index contributed by atoms with van der Waals surface area (Å²) < 4.78 is 0. The van der Waals surface area contributed by atoms with Crippen LogP contribution in [0.4, 0.5) is 11.4 Å². The van der Waals surface area contributed by atoms with Crippen LogP contribution in [0.3, 0.4) is 0 Å². The lowest BCUT2D eigenvalue weighted by Crippen LogP contribution is -2.43. The van der Waals surface area contributed by atoms with Crippen molar-refractivity contribution in [1.82, 2.24) is 0 Å². The second-order valence-corrected chi connectivity index (χ2v) is 4.58. The van der Waals surface area contributed by atoms with Crippen molar-refractivity contribution in [2.24, 2.45) is 4.99 Å². The number of hydrogen-bond donors (Lipinski definition) is 0. The number of nitrogens with zero attached hydrogens (tertiary/aromatic N) is 2. The molecule has 1 aromatic carbocycles. The molecule has 0 spiro atoms. The van der Waals surface area contributed by atoms with E-state index < -0.39 is 0 Å². The monoisotopic (exact) mass is 188 g/mol. The summed E-state index contributed by atoms with van der Waals surface area (Å²) in [5.41, 5.74) is 2.47. The van der Waals surface area contributed by atoms with E-state index in [9.17, 15) is 0 Å². The van der Waals surface area contributed by atoms with E-state index in [2.05, 4.69) is 48.9 Å². The van der Waals surface area contributed by atoms with Gasteiger partial charge in [-0.25, -0.2) is 0 Å². The van der Waals surface area contributed by atoms with Crippen molar-refractivity contribution in [1.29, 1.82) is 0 Å². The second kappa shape index (κ2) is 3.12. The highest BCUT2D eigenvalue weighted by atomic mass is 15.2. The Balaban J connectivity index is 2.46. The van der Waals surface area contributed by atoms with E-state index in [-0.39, 0.29) is 5.54 Å². The Hall–Kier alpha value is -1.31. The first-order valence-corrected chi connectivity index (χ1v) is 4.98. The van der Waals surface area contributed by atoms with Gasteiger partial charge in [-0.05, 0) is 32.9 Å². The Labute approximate surface area is 85.3 Å². The van der Waals surface area contributed by atoms with Crippen molar-refractivity contribution >= 4 is 17.6 Å². The fraction of sp³-hybridized carbons (Fsp3) is 0.417. The first kappa shape index (κ1) is 9.25. The van der Waals surface area contributed by atoms with Crippen LogP contribution in [-0.4, -0.2) is 18.3 Å². The SMILES string of the molecule is CC(C)(C)N1CC=Nc2ccccc21. The van der Waals surface area contributed by atoms with Crippen molar-refractivity contribution in [3.8, 4) is 0 Å². The average molecular weight is 188 g/mol. The quantitative estimate of drug-likeness (QED) is 0.611. The van der Waals surface area contributed by atoms with Crippen molar-refractivity contribution in [3.63, 3.8) is 0 Å². The molecule has 74 valence electrons. The topological polar surface area (TPSA) is 15.6 Å². The van der Waals surface area contributed by atoms with Crippen molar-refractivity contribution in [2.75, 3.05) is 11.4 Å². The molecule has 1 aliphatic heterocycles. The Kier molecular flexibility index (Phi) is 2.06. The molecule has 0 aromatic heterocycles. The lowest BCUT2D eigenvalue weighted by molar-refractivity contribution is 0.527. The third-order valence-corrected chi connectivity index (χ3v) is 2.48. The zero-order chi connectivity index (χ0) is 10.2. The fourth-order valence-corrected chi connectivity index (χ4v) is 1.76. The van der Waals surface area contributed by atoms with E-state index in [1.807, 2.05) is 12.3 Å². The highest BCUT2D eigenvalue weighted by Gasteiger charge is 2.24. The maximum absolute atomic E-state index is 4.39. The smallest absolute Gasteiger partial charge is 0.0860 e. The largest absolute Gasteiger partial charge is 0.360 e. The summed E-state index contributed by atoms with van der Waals surface area (Å²) in [4.78, 5) is 6.76. The van der Waals surface area contributed by atoms with Gasteiger partial charge in [0, 0.05) is 11.8 Å². The fourth-order valence-electron chi connectivity index (χ4n) is 1.76. The second-order valence-electron chi connectivity index (χ2n) is 4.58. The first-order valence-electron chi connectivity index (χ1n) is 4.98. The Bertz CT molecular complexity index is 361. The molecule has 1 aliphatic rings. The number of aliphatic imine (C=N–C) groups is 1. The summed E-state index contributed by atoms with van der Waals surface area (Å²) in [7, 11) is 0. The maximum atomic E-state index is 4.39. The van der Waals surface area contributed by atoms with E-state index in [0.717, 1.165) is 12.2 Å². The maximum Gasteiger partial charge on any atom is 0.0860 e. The van der Waals surface area contributed by atoms with E-state index in [4.69, 9.17) is 0 Å². The summed E-state index contributed by atoms with van der Waals surface area (Å²) >= 11 is 0. The van der Waals surface area contributed by atoms with Gasteiger partial charge in [-0.1, -0.05) is 12.1 Å². The first-order chi connectivity index (χ1) is 6.59. The van der Waals surface area contributed by atoms with Gasteiger partial charge in [0.25, 0.3) is 0 Å². The summed E-state index contributed by atoms with van der Waals surface area (Å²) in [6.07, 6.45) is 1.98. The minimum atomic E-state index is 0.155. The van der Waals surface area contributed by atoms with Crippen LogP contribution in [0.5, 0.6) is 0 Å². The Morgan fingerprint density at radius 3 is 2.64 bits per heavy atom. The van der Waals surface area contributed by atoms with Gasteiger partial charge >= 0.3 is 0 Å². The minimum absolute atomic E-state index is 0.155. The molecule has 2 nitrogen and oxygen atoms in total. The molecule has 2 heteroatoms. The van der Waals surface area contributed by atoms with Crippen molar-refractivity contribution < 1.29 is 0 Å². The van der Waals surface area contributed by atoms with Crippen LogP contribution in [0, 0.1) is 0 Å². The summed E-state index contributed by atoms with van der Waals surface area (Å²) in [6, 6.07) is 8.29. The van der Waals surface area contributed by atoms with E-state index >= 15 is 0 Å². The molecule has 0 aliphatic carbocycles. The van der Waals surface area contributed by atoms with Crippen molar-refractivity contribution in [3.05, 3.63) is 24.3 Å². The number of hydrogen-bond acceptors (Lipinski definition) is 2. The van der Waals surface area contributed by atoms with Crippen molar-refractivity contribution in [2.45, 2.75) is 26.3 Å². The van der Waals surface area contributed by atoms with Crippen LogP contribution in [0.2, 0.25) is 0 Å². The molecule has 0 saturated heterocycles. The average Bonchev–Trinajstić information content (AvgIpc) is 2.15. The van der Waals surface area contributed by atoms with Crippen LogP contribution >= 0.6 is 0 Å². The highest BCUT2D eigenvalue weighted by molar-refractivity contribution is 5.82. The molecule has 14 heavy (non-hydrogen) atoms. The molecule has 0 fully saturated rings. The Morgan fingerprint density at radius 1 is 1.21 bits per heavy atom. The standard InChI is InChI=1S/C12H16N2/c1-12(2,3)14-9-8-13-10-6-4-5-7-11(10)14/h4-8H,9H2,1-3H3. The highest BCUT2D eigenvalue weighted by Crippen LogP contribution is 2.34. The normalized spacial score (nSPS) is 15.5. The van der Waals surface area contributed by atoms with E-state index in [1.165, 1.54) is 5.69 Å². The summed E-state index contributed by atoms with van der Waals surface area (Å²) in [6.45, 7) is 7.58. The molecule has 0 amide bonds. The molecule has 2 rings (SSSR count). The lowest BCUT2D eigenvalue weighted by Gasteiger charge is -2.39. The number of fused-ring (bicyclic) bond motifs is 1. The zero-order valence-corrected chi connectivity index (χ0v) is 8.99. The third kappa shape index (κ3) is 1.52. The van der Waals surface area contributed by atoms with Gasteiger partial charge in [-0.2, -0.15) is 0 Å². The van der Waals surface area contributed by atoms with Gasteiger partial charge in [-0.3, -0.25) is 4.99 Å². The van der Waals surface area contributed by atoms with Gasteiger partial charge < -0.3 is 4.90 Å². The van der Waals surface area contributed by atoms with Crippen LogP contribution in [0.1, 0.15) is 20.8 Å². The molecule has 1 heterocycles. The Morgan fingerprint density at radius 2 is 1.93 bits per heavy atom. The number of para-hydroxylation sites is 2. The van der Waals surface area contributed by atoms with Gasteiger partial charge in [-0.15, -0.1) is 0 Å². The molecular formula is C12H16N2. The predicted molar refractivity (Wildman–Crippen MR) is 61.7 cm³/mol. The molecule has 0 radical (unpaired) electrons. The zero-order valence-electron chi connectivity index (χ0n) is 8.99. The molecule has 0 unspecified atom stereocenters. The third-order valence-electron chi connectivity index (χ3n) is 2.48. The predicted octanol–water partition coefficient (Wildman–Crippen LogP) is 3.01. The molecule has 0 atom stereocenters. The van der Waals surface area contributed by atoms with Gasteiger partial charge in [0.05, 0.1) is 17.9 Å². The molecule has 1 aromatic rings. The number of benzene rings is 1. The molecular weight excluding hydrogens is 172 g/mol. The molecule has 0 saturated carbocycles. The van der Waals surface area contributed by atoms with Crippen LogP contribution in [-0.2, 0) is 0 Å². The lowest BCUT2D eigenvalue weighted by atomic mass is 10.0. The van der Waals surface area contributed by atoms with Gasteiger partial charge in [0.2, 0.25) is 0 Å². The van der Waals surface area contributed by atoms with E-state index in [1.54, 1.807) is 0 Å². The number of anilines is 1. The minimum Gasteiger partial charge on any atom is -0.360 e. The van der Waals surface area contributed by atoms with Gasteiger partial charge in [0.1, 0.15) is 0 Å². The van der Waals surface area contributed by atoms with Crippen LogP contribution in [0.25, 0.3) is 0 Å². The van der Waals surface area contributed by atoms with E-state index in [0.29, 0.717) is 0 Å². The molecule has 0 bridgehead atoms.